The molecule has 0 radical (unpaired) electrons. The first-order chi connectivity index (χ1) is 11.4. The van der Waals surface area contributed by atoms with Crippen LogP contribution in [0.25, 0.3) is 11.1 Å². The summed E-state index contributed by atoms with van der Waals surface area (Å²) < 4.78 is 13.1. The number of alkyl halides is 1. The first kappa shape index (κ1) is 17.4. The van der Waals surface area contributed by atoms with E-state index in [1.165, 1.54) is 27.8 Å². The van der Waals surface area contributed by atoms with E-state index in [0.717, 1.165) is 32.6 Å². The van der Waals surface area contributed by atoms with Gasteiger partial charge < -0.3 is 5.32 Å². The van der Waals surface area contributed by atoms with Gasteiger partial charge in [-0.3, -0.25) is 9.29 Å². The van der Waals surface area contributed by atoms with Gasteiger partial charge in [-0.25, -0.2) is 0 Å². The summed E-state index contributed by atoms with van der Waals surface area (Å²) >= 11 is 0. The van der Waals surface area contributed by atoms with Crippen molar-refractivity contribution in [2.75, 3.05) is 32.9 Å². The van der Waals surface area contributed by atoms with Crippen molar-refractivity contribution in [2.24, 2.45) is 0 Å². The third-order valence-corrected chi connectivity index (χ3v) is 5.18. The lowest BCUT2D eigenvalue weighted by Crippen LogP contribution is -2.45. The van der Waals surface area contributed by atoms with Crippen molar-refractivity contribution in [2.45, 2.75) is 18.9 Å². The number of piperazine rings is 1. The van der Waals surface area contributed by atoms with Crippen LogP contribution < -0.4 is 5.32 Å². The van der Waals surface area contributed by atoms with E-state index in [4.69, 9.17) is 0 Å². The molecule has 1 aliphatic heterocycles. The normalized spacial score (nSPS) is 17.7. The van der Waals surface area contributed by atoms with Crippen molar-refractivity contribution in [1.82, 2.24) is 10.2 Å². The Labute approximate surface area is 149 Å². The maximum atomic E-state index is 13.1. The number of benzene rings is 2. The van der Waals surface area contributed by atoms with Crippen LogP contribution in [0.5, 0.6) is 0 Å². The first-order valence-corrected chi connectivity index (χ1v) is 8.58. The molecule has 1 heterocycles. The number of rotatable bonds is 4. The zero-order valence-corrected chi connectivity index (χ0v) is 14.6. The largest absolute Gasteiger partial charge is 0.314 e. The fourth-order valence-corrected chi connectivity index (χ4v) is 4.03. The van der Waals surface area contributed by atoms with E-state index in [9.17, 15) is 4.39 Å². The van der Waals surface area contributed by atoms with Gasteiger partial charge in [-0.2, -0.15) is 0 Å². The van der Waals surface area contributed by atoms with Gasteiger partial charge >= 0.3 is 0 Å². The molecular weight excluding hydrogens is 323 g/mol. The molecule has 2 aromatic carbocycles. The second-order valence-corrected chi connectivity index (χ2v) is 6.53. The Morgan fingerprint density at radius 3 is 2.54 bits per heavy atom. The van der Waals surface area contributed by atoms with E-state index in [0.29, 0.717) is 6.42 Å². The Morgan fingerprint density at radius 2 is 1.75 bits per heavy atom. The molecule has 1 atom stereocenters. The van der Waals surface area contributed by atoms with Gasteiger partial charge in [0.15, 0.2) is 0 Å². The maximum Gasteiger partial charge on any atom is 0.0912 e. The van der Waals surface area contributed by atoms with Crippen molar-refractivity contribution >= 4 is 12.4 Å². The van der Waals surface area contributed by atoms with Crippen LogP contribution in [-0.2, 0) is 6.42 Å². The number of hydrogen-bond donors (Lipinski definition) is 1. The van der Waals surface area contributed by atoms with Crippen LogP contribution >= 0.6 is 12.4 Å². The number of nitrogens with zero attached hydrogens (tertiary/aromatic N) is 1. The van der Waals surface area contributed by atoms with Crippen molar-refractivity contribution in [3.63, 3.8) is 0 Å². The van der Waals surface area contributed by atoms with Gasteiger partial charge in [0.2, 0.25) is 0 Å². The topological polar surface area (TPSA) is 15.3 Å². The Hall–Kier alpha value is -1.42. The van der Waals surface area contributed by atoms with E-state index in [1.54, 1.807) is 0 Å². The molecule has 4 heteroatoms. The Balaban J connectivity index is 0.00000169. The van der Waals surface area contributed by atoms with E-state index in [-0.39, 0.29) is 25.1 Å². The molecule has 1 N–H and O–H groups in total. The second kappa shape index (κ2) is 7.64. The molecule has 4 rings (SSSR count). The van der Waals surface area contributed by atoms with Crippen LogP contribution in [0, 0.1) is 0 Å². The monoisotopic (exact) mass is 346 g/mol. The van der Waals surface area contributed by atoms with Crippen LogP contribution in [0.1, 0.15) is 29.2 Å². The molecule has 1 aliphatic carbocycles. The van der Waals surface area contributed by atoms with Crippen LogP contribution in [0.2, 0.25) is 0 Å². The lowest BCUT2D eigenvalue weighted by atomic mass is 9.96. The van der Waals surface area contributed by atoms with Gasteiger partial charge in [0.1, 0.15) is 0 Å². The van der Waals surface area contributed by atoms with E-state index in [2.05, 4.69) is 52.7 Å². The molecular formula is C20H24ClFN2. The lowest BCUT2D eigenvalue weighted by molar-refractivity contribution is 0.157. The van der Waals surface area contributed by atoms with Crippen molar-refractivity contribution < 1.29 is 4.39 Å². The zero-order valence-electron chi connectivity index (χ0n) is 13.8. The Bertz CT molecular complexity index is 698. The number of nitrogens with one attached hydrogen (secondary N) is 1. The second-order valence-electron chi connectivity index (χ2n) is 6.53. The van der Waals surface area contributed by atoms with Gasteiger partial charge in [-0.05, 0) is 40.7 Å². The minimum absolute atomic E-state index is 0. The third kappa shape index (κ3) is 3.21. The molecule has 0 bridgehead atoms. The van der Waals surface area contributed by atoms with E-state index in [1.807, 2.05) is 0 Å². The SMILES string of the molecule is Cl.FCC[C@@H](c1ccc2c(c1)Cc1ccccc1-2)N1CCNCC1. The summed E-state index contributed by atoms with van der Waals surface area (Å²) in [5.41, 5.74) is 6.78. The van der Waals surface area contributed by atoms with Gasteiger partial charge in [-0.1, -0.05) is 42.5 Å². The maximum absolute atomic E-state index is 13.1. The molecule has 2 aliphatic rings. The third-order valence-electron chi connectivity index (χ3n) is 5.18. The lowest BCUT2D eigenvalue weighted by Gasteiger charge is -2.35. The molecule has 1 fully saturated rings. The van der Waals surface area contributed by atoms with E-state index < -0.39 is 0 Å². The highest BCUT2D eigenvalue weighted by Crippen LogP contribution is 2.38. The summed E-state index contributed by atoms with van der Waals surface area (Å²) in [5.74, 6) is 0. The van der Waals surface area contributed by atoms with Gasteiger partial charge in [0.25, 0.3) is 0 Å². The number of halogens is 2. The summed E-state index contributed by atoms with van der Waals surface area (Å²) in [6.07, 6.45) is 1.59. The molecule has 0 aromatic heterocycles. The quantitative estimate of drug-likeness (QED) is 0.768. The predicted molar refractivity (Wildman–Crippen MR) is 99.7 cm³/mol. The van der Waals surface area contributed by atoms with E-state index >= 15 is 0 Å². The molecule has 2 nitrogen and oxygen atoms in total. The average molecular weight is 347 g/mol. The average Bonchev–Trinajstić information content (AvgIpc) is 2.98. The van der Waals surface area contributed by atoms with Crippen LogP contribution in [0.3, 0.4) is 0 Å². The summed E-state index contributed by atoms with van der Waals surface area (Å²) in [6.45, 7) is 3.74. The highest BCUT2D eigenvalue weighted by atomic mass is 35.5. The molecule has 128 valence electrons. The standard InChI is InChI=1S/C20H23FN2.ClH/c21-8-7-20(23-11-9-22-10-12-23)16-5-6-19-17(14-16)13-15-3-1-2-4-18(15)19;/h1-6,14,20,22H,7-13H2;1H/t20-;/m0./s1. The van der Waals surface area contributed by atoms with Crippen LogP contribution in [0.4, 0.5) is 4.39 Å². The predicted octanol–water partition coefficient (Wildman–Crippen LogP) is 3.99. The van der Waals surface area contributed by atoms with Crippen molar-refractivity contribution in [1.29, 1.82) is 0 Å². The molecule has 0 saturated carbocycles. The first-order valence-electron chi connectivity index (χ1n) is 8.58. The molecule has 2 aromatic rings. The Kier molecular flexibility index (Phi) is 5.54. The van der Waals surface area contributed by atoms with Crippen LogP contribution in [-0.4, -0.2) is 37.8 Å². The van der Waals surface area contributed by atoms with Gasteiger partial charge in [0, 0.05) is 32.2 Å². The Morgan fingerprint density at radius 1 is 1.00 bits per heavy atom. The van der Waals surface area contributed by atoms with Crippen molar-refractivity contribution in [3.8, 4) is 11.1 Å². The highest BCUT2D eigenvalue weighted by molar-refractivity contribution is 5.85. The number of fused-ring (bicyclic) bond motifs is 3. The molecule has 0 unspecified atom stereocenters. The summed E-state index contributed by atoms with van der Waals surface area (Å²) in [6, 6.07) is 15.6. The van der Waals surface area contributed by atoms with Gasteiger partial charge in [0.05, 0.1) is 6.67 Å². The van der Waals surface area contributed by atoms with Crippen molar-refractivity contribution in [3.05, 3.63) is 59.2 Å². The molecule has 0 amide bonds. The molecule has 1 saturated heterocycles. The molecule has 24 heavy (non-hydrogen) atoms. The minimum atomic E-state index is -0.258. The summed E-state index contributed by atoms with van der Waals surface area (Å²) in [7, 11) is 0. The minimum Gasteiger partial charge on any atom is -0.314 e. The fraction of sp³-hybridized carbons (Fsp3) is 0.400. The number of hydrogen-bond acceptors (Lipinski definition) is 2. The highest BCUT2D eigenvalue weighted by Gasteiger charge is 2.24. The van der Waals surface area contributed by atoms with Gasteiger partial charge in [-0.15, -0.1) is 12.4 Å². The zero-order chi connectivity index (χ0) is 15.6. The summed E-state index contributed by atoms with van der Waals surface area (Å²) in [5, 5.41) is 3.38. The smallest absolute Gasteiger partial charge is 0.0912 e. The summed E-state index contributed by atoms with van der Waals surface area (Å²) in [4.78, 5) is 2.43. The van der Waals surface area contributed by atoms with Crippen LogP contribution in [0.15, 0.2) is 42.5 Å². The fourth-order valence-electron chi connectivity index (χ4n) is 4.03. The molecule has 0 spiro atoms.